The summed E-state index contributed by atoms with van der Waals surface area (Å²) in [5.74, 6) is 0. The van der Waals surface area contributed by atoms with Gasteiger partial charge in [0.15, 0.2) is 0 Å². The Bertz CT molecular complexity index is 547. The van der Waals surface area contributed by atoms with Crippen molar-refractivity contribution in [1.29, 1.82) is 0 Å². The molecule has 1 unspecified atom stereocenters. The highest BCUT2D eigenvalue weighted by Gasteiger charge is 2.15. The summed E-state index contributed by atoms with van der Waals surface area (Å²) in [4.78, 5) is 1.01. The van der Waals surface area contributed by atoms with Crippen LogP contribution < -0.4 is 0 Å². The van der Waals surface area contributed by atoms with E-state index in [1.165, 1.54) is 11.3 Å². The number of aromatic nitrogens is 2. The summed E-state index contributed by atoms with van der Waals surface area (Å²) in [7, 11) is 1.96. The molecule has 0 fully saturated rings. The molecule has 0 aliphatic carbocycles. The molecule has 2 heterocycles. The zero-order valence-corrected chi connectivity index (χ0v) is 13.2. The molecule has 2 aromatic heterocycles. The highest BCUT2D eigenvalue weighted by Crippen LogP contribution is 2.31. The second-order valence-electron chi connectivity index (χ2n) is 4.46. The lowest BCUT2D eigenvalue weighted by atomic mass is 10.0. The third kappa shape index (κ3) is 2.68. The predicted octanol–water partition coefficient (Wildman–Crippen LogP) is 3.53. The molecule has 0 amide bonds. The topological polar surface area (TPSA) is 38.0 Å². The molecule has 0 bridgehead atoms. The summed E-state index contributed by atoms with van der Waals surface area (Å²) in [5.41, 5.74) is 3.50. The zero-order valence-electron chi connectivity index (χ0n) is 10.8. The van der Waals surface area contributed by atoms with Crippen LogP contribution in [0, 0.1) is 13.8 Å². The Balaban J connectivity index is 2.06. The zero-order chi connectivity index (χ0) is 13.3. The minimum absolute atomic E-state index is 0.404. The molecule has 0 aromatic carbocycles. The summed E-state index contributed by atoms with van der Waals surface area (Å²) >= 11 is 5.05. The molecule has 1 atom stereocenters. The SMILES string of the molecule is Cc1nn(C)c(C)c1CCC(O)c1sccc1Br. The monoisotopic (exact) mass is 328 g/mol. The van der Waals surface area contributed by atoms with Crippen LogP contribution in [0.15, 0.2) is 15.9 Å². The number of aliphatic hydroxyl groups excluding tert-OH is 1. The first-order chi connectivity index (χ1) is 8.50. The second-order valence-corrected chi connectivity index (χ2v) is 6.26. The fourth-order valence-corrected chi connectivity index (χ4v) is 3.79. The quantitative estimate of drug-likeness (QED) is 0.932. The van der Waals surface area contributed by atoms with E-state index >= 15 is 0 Å². The largest absolute Gasteiger partial charge is 0.388 e. The first-order valence-corrected chi connectivity index (χ1v) is 7.58. The van der Waals surface area contributed by atoms with E-state index in [2.05, 4.69) is 28.0 Å². The Hall–Kier alpha value is -0.650. The van der Waals surface area contributed by atoms with Crippen LogP contribution >= 0.6 is 27.3 Å². The average Bonchev–Trinajstić information content (AvgIpc) is 2.83. The van der Waals surface area contributed by atoms with E-state index in [9.17, 15) is 5.11 Å². The van der Waals surface area contributed by atoms with Crippen LogP contribution in [0.1, 0.15) is 34.4 Å². The van der Waals surface area contributed by atoms with E-state index in [4.69, 9.17) is 0 Å². The minimum Gasteiger partial charge on any atom is -0.388 e. The van der Waals surface area contributed by atoms with E-state index in [1.807, 2.05) is 30.1 Å². The van der Waals surface area contributed by atoms with Gasteiger partial charge in [0.05, 0.1) is 11.8 Å². The maximum Gasteiger partial charge on any atom is 0.0896 e. The molecular weight excluding hydrogens is 312 g/mol. The summed E-state index contributed by atoms with van der Waals surface area (Å²) in [6.07, 6.45) is 1.18. The number of hydrogen-bond donors (Lipinski definition) is 1. The van der Waals surface area contributed by atoms with E-state index in [-0.39, 0.29) is 0 Å². The van der Waals surface area contributed by atoms with Crippen LogP contribution in [0.2, 0.25) is 0 Å². The Morgan fingerprint density at radius 2 is 2.22 bits per heavy atom. The van der Waals surface area contributed by atoms with Crippen molar-refractivity contribution in [2.45, 2.75) is 32.8 Å². The van der Waals surface area contributed by atoms with Gasteiger partial charge in [0.1, 0.15) is 0 Å². The van der Waals surface area contributed by atoms with E-state index < -0.39 is 6.10 Å². The van der Waals surface area contributed by atoms with Crippen molar-refractivity contribution in [2.75, 3.05) is 0 Å². The van der Waals surface area contributed by atoms with Gasteiger partial charge >= 0.3 is 0 Å². The van der Waals surface area contributed by atoms with Crippen molar-refractivity contribution < 1.29 is 5.11 Å². The van der Waals surface area contributed by atoms with Crippen molar-refractivity contribution in [2.24, 2.45) is 7.05 Å². The standard InChI is InChI=1S/C13H17BrN2OS/c1-8-10(9(2)16(3)15-8)4-5-12(17)13-11(14)6-7-18-13/h6-7,12,17H,4-5H2,1-3H3. The first kappa shape index (κ1) is 13.8. The number of hydrogen-bond acceptors (Lipinski definition) is 3. The van der Waals surface area contributed by atoms with E-state index in [1.54, 1.807) is 11.3 Å². The van der Waals surface area contributed by atoms with Gasteiger partial charge in [-0.05, 0) is 59.6 Å². The predicted molar refractivity (Wildman–Crippen MR) is 78.0 cm³/mol. The number of aliphatic hydroxyl groups is 1. The lowest BCUT2D eigenvalue weighted by Gasteiger charge is -2.09. The van der Waals surface area contributed by atoms with E-state index in [0.29, 0.717) is 0 Å². The van der Waals surface area contributed by atoms with Gasteiger partial charge in [0.2, 0.25) is 0 Å². The van der Waals surface area contributed by atoms with Crippen LogP contribution in [0.25, 0.3) is 0 Å². The molecule has 0 aliphatic heterocycles. The van der Waals surface area contributed by atoms with Gasteiger partial charge in [-0.25, -0.2) is 0 Å². The summed E-state index contributed by atoms with van der Waals surface area (Å²) in [6, 6.07) is 1.98. The van der Waals surface area contributed by atoms with Crippen LogP contribution in [0.3, 0.4) is 0 Å². The normalized spacial score (nSPS) is 12.9. The number of aryl methyl sites for hydroxylation is 2. The number of nitrogens with zero attached hydrogens (tertiary/aromatic N) is 2. The molecule has 0 spiro atoms. The molecule has 2 rings (SSSR count). The van der Waals surface area contributed by atoms with E-state index in [0.717, 1.165) is 27.9 Å². The third-order valence-corrected chi connectivity index (χ3v) is 5.25. The maximum atomic E-state index is 10.2. The Morgan fingerprint density at radius 1 is 1.50 bits per heavy atom. The van der Waals surface area contributed by atoms with Gasteiger partial charge in [0, 0.05) is 22.1 Å². The van der Waals surface area contributed by atoms with Crippen LogP contribution in [-0.2, 0) is 13.5 Å². The molecule has 98 valence electrons. The van der Waals surface area contributed by atoms with Crippen molar-refractivity contribution in [3.05, 3.63) is 37.7 Å². The van der Waals surface area contributed by atoms with Gasteiger partial charge in [-0.1, -0.05) is 0 Å². The molecule has 1 N–H and O–H groups in total. The smallest absolute Gasteiger partial charge is 0.0896 e. The van der Waals surface area contributed by atoms with Crippen molar-refractivity contribution in [3.63, 3.8) is 0 Å². The average molecular weight is 329 g/mol. The Labute approximate surface area is 120 Å². The van der Waals surface area contributed by atoms with Crippen molar-refractivity contribution >= 4 is 27.3 Å². The molecule has 0 radical (unpaired) electrons. The fraction of sp³-hybridized carbons (Fsp3) is 0.462. The highest BCUT2D eigenvalue weighted by molar-refractivity contribution is 9.10. The summed E-state index contributed by atoms with van der Waals surface area (Å²) < 4.78 is 2.90. The van der Waals surface area contributed by atoms with Gasteiger partial charge < -0.3 is 5.11 Å². The first-order valence-electron chi connectivity index (χ1n) is 5.90. The van der Waals surface area contributed by atoms with Gasteiger partial charge in [0.25, 0.3) is 0 Å². The highest BCUT2D eigenvalue weighted by atomic mass is 79.9. The minimum atomic E-state index is -0.404. The number of thiophene rings is 1. The molecule has 0 saturated carbocycles. The Morgan fingerprint density at radius 3 is 2.72 bits per heavy atom. The third-order valence-electron chi connectivity index (χ3n) is 3.27. The van der Waals surface area contributed by atoms with Crippen molar-refractivity contribution in [1.82, 2.24) is 9.78 Å². The molecule has 0 aliphatic rings. The van der Waals surface area contributed by atoms with Crippen LogP contribution in [0.5, 0.6) is 0 Å². The fourth-order valence-electron chi connectivity index (χ4n) is 2.13. The van der Waals surface area contributed by atoms with Crippen molar-refractivity contribution in [3.8, 4) is 0 Å². The van der Waals surface area contributed by atoms with Gasteiger partial charge in [-0.15, -0.1) is 11.3 Å². The maximum absolute atomic E-state index is 10.2. The molecule has 5 heteroatoms. The Kier molecular flexibility index (Phi) is 4.25. The number of rotatable bonds is 4. The van der Waals surface area contributed by atoms with Crippen LogP contribution in [-0.4, -0.2) is 14.9 Å². The lowest BCUT2D eigenvalue weighted by Crippen LogP contribution is -2.00. The van der Waals surface area contributed by atoms with Gasteiger partial charge in [-0.3, -0.25) is 4.68 Å². The summed E-state index contributed by atoms with van der Waals surface area (Å²) in [6.45, 7) is 4.10. The molecule has 2 aromatic rings. The molecule has 0 saturated heterocycles. The second kappa shape index (κ2) is 5.55. The number of halogens is 1. The summed E-state index contributed by atoms with van der Waals surface area (Å²) in [5, 5.41) is 16.6. The lowest BCUT2D eigenvalue weighted by molar-refractivity contribution is 0.171. The van der Waals surface area contributed by atoms with Gasteiger partial charge in [-0.2, -0.15) is 5.10 Å². The molecule has 18 heavy (non-hydrogen) atoms. The molecular formula is C13H17BrN2OS. The van der Waals surface area contributed by atoms with Crippen LogP contribution in [0.4, 0.5) is 0 Å². The molecule has 3 nitrogen and oxygen atoms in total.